The van der Waals surface area contributed by atoms with Gasteiger partial charge in [-0.2, -0.15) is 0 Å². The molecule has 0 radical (unpaired) electrons. The molecule has 1 fully saturated rings. The van der Waals surface area contributed by atoms with Crippen molar-refractivity contribution in [1.29, 1.82) is 0 Å². The fourth-order valence-corrected chi connectivity index (χ4v) is 4.14. The van der Waals surface area contributed by atoms with Gasteiger partial charge in [-0.25, -0.2) is 23.3 Å². The summed E-state index contributed by atoms with van der Waals surface area (Å²) in [5.74, 6) is 0.611. The Morgan fingerprint density at radius 2 is 2.00 bits per heavy atom. The maximum absolute atomic E-state index is 14.0. The van der Waals surface area contributed by atoms with Crippen molar-refractivity contribution >= 4 is 23.1 Å². The van der Waals surface area contributed by atoms with Crippen molar-refractivity contribution in [2.45, 2.75) is 33.7 Å². The molecule has 1 N–H and O–H groups in total. The summed E-state index contributed by atoms with van der Waals surface area (Å²) in [5, 5.41) is 6.86. The minimum Gasteiger partial charge on any atom is -0.353 e. The number of fused-ring (bicyclic) bond motifs is 1. The summed E-state index contributed by atoms with van der Waals surface area (Å²) in [6, 6.07) is 4.54. The van der Waals surface area contributed by atoms with E-state index < -0.39 is 17.4 Å². The van der Waals surface area contributed by atoms with Crippen molar-refractivity contribution in [3.8, 4) is 0 Å². The average molecular weight is 412 g/mol. The molecule has 0 aliphatic carbocycles. The summed E-state index contributed by atoms with van der Waals surface area (Å²) >= 11 is 0. The third-order valence-electron chi connectivity index (χ3n) is 5.34. The van der Waals surface area contributed by atoms with Gasteiger partial charge < -0.3 is 10.2 Å². The Balaban J connectivity index is 1.60. The minimum absolute atomic E-state index is 0.0704. The highest BCUT2D eigenvalue weighted by molar-refractivity contribution is 5.90. The lowest BCUT2D eigenvalue weighted by Gasteiger charge is -2.35. The van der Waals surface area contributed by atoms with Gasteiger partial charge in [0.15, 0.2) is 5.82 Å². The van der Waals surface area contributed by atoms with Crippen LogP contribution in [-0.4, -0.2) is 38.2 Å². The second kappa shape index (κ2) is 7.89. The number of amides is 1. The van der Waals surface area contributed by atoms with Gasteiger partial charge in [0.05, 0.1) is 5.69 Å². The van der Waals surface area contributed by atoms with Crippen LogP contribution in [0.5, 0.6) is 0 Å². The largest absolute Gasteiger partial charge is 0.353 e. The normalized spacial score (nSPS) is 19.3. The number of carbonyl (C=O) groups is 1. The number of nitrogens with one attached hydrogen (secondary N) is 1. The Morgan fingerprint density at radius 3 is 2.70 bits per heavy atom. The zero-order chi connectivity index (χ0) is 21.4. The first-order valence-corrected chi connectivity index (χ1v) is 10.1. The number of aromatic nitrogens is 4. The van der Waals surface area contributed by atoms with Gasteiger partial charge in [-0.05, 0) is 42.9 Å². The van der Waals surface area contributed by atoms with Crippen LogP contribution >= 0.6 is 0 Å². The van der Waals surface area contributed by atoms with Crippen LogP contribution in [0.15, 0.2) is 35.4 Å². The van der Waals surface area contributed by atoms with E-state index in [0.717, 1.165) is 29.8 Å². The molecule has 2 atom stereocenters. The first kappa shape index (κ1) is 20.1. The van der Waals surface area contributed by atoms with Gasteiger partial charge >= 0.3 is 5.69 Å². The molecule has 3 heterocycles. The lowest BCUT2D eigenvalue weighted by atomic mass is 9.92. The Morgan fingerprint density at radius 1 is 1.27 bits per heavy atom. The van der Waals surface area contributed by atoms with Gasteiger partial charge in [-0.15, -0.1) is 5.10 Å². The SMILES string of the molecule is Cc1ccc(NC(=O)Cn2nc3c(N4C[C@H](C)C[C@@H](C)C4)nccn3c2=O)c(F)c1. The van der Waals surface area contributed by atoms with Crippen molar-refractivity contribution in [2.75, 3.05) is 23.3 Å². The van der Waals surface area contributed by atoms with E-state index in [2.05, 4.69) is 34.1 Å². The van der Waals surface area contributed by atoms with Crippen molar-refractivity contribution in [2.24, 2.45) is 11.8 Å². The average Bonchev–Trinajstić information content (AvgIpc) is 2.99. The van der Waals surface area contributed by atoms with E-state index in [1.54, 1.807) is 25.4 Å². The molecule has 1 aromatic carbocycles. The molecule has 9 heteroatoms. The Labute approximate surface area is 173 Å². The van der Waals surface area contributed by atoms with E-state index in [-0.39, 0.29) is 12.2 Å². The molecule has 1 amide bonds. The van der Waals surface area contributed by atoms with E-state index in [0.29, 0.717) is 23.3 Å². The highest BCUT2D eigenvalue weighted by Crippen LogP contribution is 2.26. The number of aryl methyl sites for hydroxylation is 1. The molecule has 0 saturated carbocycles. The van der Waals surface area contributed by atoms with Crippen LogP contribution in [0.3, 0.4) is 0 Å². The van der Waals surface area contributed by atoms with Gasteiger partial charge in [0.25, 0.3) is 0 Å². The minimum atomic E-state index is -0.530. The topological polar surface area (TPSA) is 84.5 Å². The molecule has 3 aromatic rings. The summed E-state index contributed by atoms with van der Waals surface area (Å²) in [5.41, 5.74) is 0.800. The van der Waals surface area contributed by atoms with Crippen molar-refractivity contribution < 1.29 is 9.18 Å². The van der Waals surface area contributed by atoms with Gasteiger partial charge in [-0.1, -0.05) is 19.9 Å². The number of piperidine rings is 1. The van der Waals surface area contributed by atoms with Crippen LogP contribution < -0.4 is 15.9 Å². The van der Waals surface area contributed by atoms with Gasteiger partial charge in [0, 0.05) is 25.5 Å². The third kappa shape index (κ3) is 3.92. The quantitative estimate of drug-likeness (QED) is 0.712. The van der Waals surface area contributed by atoms with Crippen molar-refractivity contribution in [1.82, 2.24) is 19.2 Å². The van der Waals surface area contributed by atoms with E-state index >= 15 is 0 Å². The van der Waals surface area contributed by atoms with Crippen LogP contribution in [0.2, 0.25) is 0 Å². The standard InChI is InChI=1S/C21H25FN6O2/c1-13-4-5-17(16(22)9-13)24-18(29)12-28-21(30)27-7-6-23-19(20(27)25-28)26-10-14(2)8-15(3)11-26/h4-7,9,14-15H,8,10-12H2,1-3H3,(H,24,29)/t14-,15-/m1/s1. The number of hydrogen-bond acceptors (Lipinski definition) is 5. The van der Waals surface area contributed by atoms with E-state index in [1.165, 1.54) is 16.5 Å². The van der Waals surface area contributed by atoms with Gasteiger partial charge in [-0.3, -0.25) is 4.79 Å². The summed E-state index contributed by atoms with van der Waals surface area (Å²) in [6.45, 7) is 7.52. The Bertz CT molecular complexity index is 1140. The number of rotatable bonds is 4. The number of anilines is 2. The lowest BCUT2D eigenvalue weighted by molar-refractivity contribution is -0.117. The predicted molar refractivity (Wildman–Crippen MR) is 112 cm³/mol. The van der Waals surface area contributed by atoms with Crippen molar-refractivity contribution in [3.05, 3.63) is 52.5 Å². The van der Waals surface area contributed by atoms with E-state index in [1.807, 2.05) is 0 Å². The molecule has 1 aliphatic rings. The van der Waals surface area contributed by atoms with E-state index in [9.17, 15) is 14.0 Å². The molecule has 30 heavy (non-hydrogen) atoms. The number of hydrogen-bond donors (Lipinski definition) is 1. The summed E-state index contributed by atoms with van der Waals surface area (Å²) in [6.07, 6.45) is 4.26. The summed E-state index contributed by atoms with van der Waals surface area (Å²) < 4.78 is 16.5. The first-order chi connectivity index (χ1) is 14.3. The van der Waals surface area contributed by atoms with Crippen molar-refractivity contribution in [3.63, 3.8) is 0 Å². The summed E-state index contributed by atoms with van der Waals surface area (Å²) in [7, 11) is 0. The monoisotopic (exact) mass is 412 g/mol. The highest BCUT2D eigenvalue weighted by atomic mass is 19.1. The molecule has 4 rings (SSSR count). The summed E-state index contributed by atoms with van der Waals surface area (Å²) in [4.78, 5) is 31.8. The fraction of sp³-hybridized carbons (Fsp3) is 0.429. The number of halogens is 1. The molecule has 2 aromatic heterocycles. The number of carbonyl (C=O) groups excluding carboxylic acids is 1. The highest BCUT2D eigenvalue weighted by Gasteiger charge is 2.26. The lowest BCUT2D eigenvalue weighted by Crippen LogP contribution is -2.39. The fourth-order valence-electron chi connectivity index (χ4n) is 4.14. The molecular weight excluding hydrogens is 387 g/mol. The van der Waals surface area contributed by atoms with Crippen LogP contribution in [0.25, 0.3) is 5.65 Å². The maximum Gasteiger partial charge on any atom is 0.350 e. The molecule has 8 nitrogen and oxygen atoms in total. The molecule has 0 spiro atoms. The van der Waals surface area contributed by atoms with Gasteiger partial charge in [0.1, 0.15) is 12.4 Å². The predicted octanol–water partition coefficient (Wildman–Crippen LogP) is 2.46. The third-order valence-corrected chi connectivity index (χ3v) is 5.34. The Kier molecular flexibility index (Phi) is 5.27. The maximum atomic E-state index is 14.0. The van der Waals surface area contributed by atoms with Crippen LogP contribution in [-0.2, 0) is 11.3 Å². The first-order valence-electron chi connectivity index (χ1n) is 10.1. The second-order valence-corrected chi connectivity index (χ2v) is 8.27. The molecule has 0 unspecified atom stereocenters. The molecule has 1 aliphatic heterocycles. The van der Waals surface area contributed by atoms with E-state index in [4.69, 9.17) is 0 Å². The second-order valence-electron chi connectivity index (χ2n) is 8.27. The van der Waals surface area contributed by atoms with Crippen LogP contribution in [0, 0.1) is 24.6 Å². The molecule has 158 valence electrons. The van der Waals surface area contributed by atoms with Crippen LogP contribution in [0.4, 0.5) is 15.9 Å². The zero-order valence-electron chi connectivity index (χ0n) is 17.3. The number of benzene rings is 1. The Hall–Kier alpha value is -3.23. The molecule has 1 saturated heterocycles. The van der Waals surface area contributed by atoms with Gasteiger partial charge in [0.2, 0.25) is 11.6 Å². The smallest absolute Gasteiger partial charge is 0.350 e. The van der Waals surface area contributed by atoms with Crippen LogP contribution in [0.1, 0.15) is 25.8 Å². The molecular formula is C21H25FN6O2. The molecule has 0 bridgehead atoms. The zero-order valence-corrected chi connectivity index (χ0v) is 17.3. The number of nitrogens with zero attached hydrogens (tertiary/aromatic N) is 5.